The first-order chi connectivity index (χ1) is 12.3. The van der Waals surface area contributed by atoms with E-state index in [9.17, 15) is 28.8 Å². The van der Waals surface area contributed by atoms with Crippen LogP contribution in [0.15, 0.2) is 0 Å². The number of rotatable bonds is 4. The van der Waals surface area contributed by atoms with Crippen LogP contribution in [0.25, 0.3) is 0 Å². The fourth-order valence-corrected chi connectivity index (χ4v) is 2.69. The molecule has 0 aromatic carbocycles. The lowest BCUT2D eigenvalue weighted by Crippen LogP contribution is -2.73. The Kier molecular flexibility index (Phi) is 5.25. The molecule has 2 rings (SSSR count). The van der Waals surface area contributed by atoms with Crippen LogP contribution in [-0.4, -0.2) is 70.4 Å². The van der Waals surface area contributed by atoms with Gasteiger partial charge in [0.2, 0.25) is 18.1 Å². The molecule has 2 saturated heterocycles. The summed E-state index contributed by atoms with van der Waals surface area (Å²) < 4.78 is 14.7. The highest BCUT2D eigenvalue weighted by molar-refractivity contribution is 6.14. The second-order valence-corrected chi connectivity index (χ2v) is 7.07. The monoisotopic (exact) mass is 384 g/mol. The third-order valence-corrected chi connectivity index (χ3v) is 3.64. The number of imide groups is 1. The number of carbonyl (C=O) groups is 6. The van der Waals surface area contributed by atoms with E-state index in [1.807, 2.05) is 0 Å². The molecule has 2 aliphatic rings. The number of amides is 3. The Morgan fingerprint density at radius 2 is 1.37 bits per heavy atom. The van der Waals surface area contributed by atoms with Crippen LogP contribution in [0.1, 0.15) is 34.6 Å². The number of hydrogen-bond acceptors (Lipinski definition) is 9. The summed E-state index contributed by atoms with van der Waals surface area (Å²) in [5.41, 5.74) is -0.860. The molecule has 2 aliphatic heterocycles. The van der Waals surface area contributed by atoms with Gasteiger partial charge in [-0.05, 0) is 20.8 Å². The minimum atomic E-state index is -1.73. The van der Waals surface area contributed by atoms with Crippen molar-refractivity contribution in [2.24, 2.45) is 0 Å². The number of nitrogens with zero attached hydrogens (tertiary/aromatic N) is 1. The van der Waals surface area contributed by atoms with Gasteiger partial charge in [-0.2, -0.15) is 0 Å². The average molecular weight is 384 g/mol. The molecule has 2 heterocycles. The number of carbonyl (C=O) groups excluding carboxylic acids is 6. The van der Waals surface area contributed by atoms with Crippen LogP contribution in [0.4, 0.5) is 0 Å². The molecule has 2 fully saturated rings. The van der Waals surface area contributed by atoms with Gasteiger partial charge in [0, 0.05) is 13.8 Å². The molecule has 27 heavy (non-hydrogen) atoms. The summed E-state index contributed by atoms with van der Waals surface area (Å²) in [7, 11) is 0. The highest BCUT2D eigenvalue weighted by atomic mass is 16.6. The molecule has 11 heteroatoms. The number of likely N-dealkylation sites (tertiary alicyclic amines) is 1. The lowest BCUT2D eigenvalue weighted by molar-refractivity contribution is -0.171. The quantitative estimate of drug-likeness (QED) is 0.263. The van der Waals surface area contributed by atoms with Crippen molar-refractivity contribution in [3.05, 3.63) is 0 Å². The van der Waals surface area contributed by atoms with E-state index in [1.165, 1.54) is 0 Å². The van der Waals surface area contributed by atoms with Gasteiger partial charge in [0.15, 0.2) is 6.04 Å². The maximum atomic E-state index is 12.6. The molecular formula is C16H20N2O9. The van der Waals surface area contributed by atoms with E-state index in [1.54, 1.807) is 20.8 Å². The Morgan fingerprint density at radius 3 is 1.70 bits per heavy atom. The first-order valence-electron chi connectivity index (χ1n) is 8.08. The van der Waals surface area contributed by atoms with Gasteiger partial charge in [0.05, 0.1) is 0 Å². The van der Waals surface area contributed by atoms with Crippen molar-refractivity contribution in [3.63, 3.8) is 0 Å². The Hall–Kier alpha value is -2.98. The summed E-state index contributed by atoms with van der Waals surface area (Å²) in [6, 6.07) is -2.77. The molecule has 0 bridgehead atoms. The van der Waals surface area contributed by atoms with Crippen molar-refractivity contribution in [1.82, 2.24) is 10.2 Å². The van der Waals surface area contributed by atoms with Crippen LogP contribution in [0, 0.1) is 0 Å². The third-order valence-electron chi connectivity index (χ3n) is 3.64. The third kappa shape index (κ3) is 4.07. The van der Waals surface area contributed by atoms with Gasteiger partial charge in [0.25, 0.3) is 11.8 Å². The maximum absolute atomic E-state index is 12.6. The van der Waals surface area contributed by atoms with Crippen LogP contribution < -0.4 is 5.32 Å². The maximum Gasteiger partial charge on any atom is 0.331 e. The predicted molar refractivity (Wildman–Crippen MR) is 84.5 cm³/mol. The molecule has 4 atom stereocenters. The number of nitrogens with one attached hydrogen (secondary N) is 1. The Morgan fingerprint density at radius 1 is 0.926 bits per heavy atom. The molecule has 0 spiro atoms. The summed E-state index contributed by atoms with van der Waals surface area (Å²) in [4.78, 5) is 72.3. The van der Waals surface area contributed by atoms with E-state index in [0.29, 0.717) is 4.90 Å². The zero-order valence-corrected chi connectivity index (χ0v) is 15.4. The second kappa shape index (κ2) is 6.97. The second-order valence-electron chi connectivity index (χ2n) is 7.07. The average Bonchev–Trinajstić information content (AvgIpc) is 2.68. The fraction of sp³-hybridized carbons (Fsp3) is 0.625. The molecule has 1 N–H and O–H groups in total. The van der Waals surface area contributed by atoms with Crippen molar-refractivity contribution in [3.8, 4) is 0 Å². The molecule has 0 saturated carbocycles. The zero-order chi connectivity index (χ0) is 20.7. The van der Waals surface area contributed by atoms with Gasteiger partial charge in [-0.25, -0.2) is 4.79 Å². The summed E-state index contributed by atoms with van der Waals surface area (Å²) >= 11 is 0. The smallest absolute Gasteiger partial charge is 0.331 e. The number of esters is 3. The molecular weight excluding hydrogens is 364 g/mol. The van der Waals surface area contributed by atoms with E-state index >= 15 is 0 Å². The minimum Gasteiger partial charge on any atom is -0.458 e. The van der Waals surface area contributed by atoms with Gasteiger partial charge in [0.1, 0.15) is 11.6 Å². The van der Waals surface area contributed by atoms with Crippen molar-refractivity contribution in [1.29, 1.82) is 0 Å². The van der Waals surface area contributed by atoms with Crippen molar-refractivity contribution < 1.29 is 43.0 Å². The molecule has 0 aromatic rings. The van der Waals surface area contributed by atoms with E-state index in [4.69, 9.17) is 14.2 Å². The Balaban J connectivity index is 2.29. The van der Waals surface area contributed by atoms with Crippen molar-refractivity contribution >= 4 is 35.6 Å². The molecule has 4 unspecified atom stereocenters. The standard InChI is InChI=1S/C16H20N2O9/c1-6(19)25-10-11(26-7(2)20)14(23)18(13(10)22)9-8(17-12(9)21)15(24)27-16(3,4)5/h8-11H,1-5H3,(H,17,21). The summed E-state index contributed by atoms with van der Waals surface area (Å²) in [6.07, 6.45) is -3.46. The fourth-order valence-electron chi connectivity index (χ4n) is 2.69. The van der Waals surface area contributed by atoms with E-state index in [0.717, 1.165) is 13.8 Å². The zero-order valence-electron chi connectivity index (χ0n) is 15.4. The molecule has 11 nitrogen and oxygen atoms in total. The molecule has 0 radical (unpaired) electrons. The largest absolute Gasteiger partial charge is 0.458 e. The van der Waals surface area contributed by atoms with Crippen molar-refractivity contribution in [2.45, 2.75) is 64.5 Å². The SMILES string of the molecule is CC(=O)OC1C(=O)N(C2C(=O)NC2C(=O)OC(C)(C)C)C(=O)C1OC(C)=O. The predicted octanol–water partition coefficient (Wildman–Crippen LogP) is -1.57. The Bertz CT molecular complexity index is 690. The van der Waals surface area contributed by atoms with E-state index in [-0.39, 0.29) is 0 Å². The van der Waals surface area contributed by atoms with Gasteiger partial charge >= 0.3 is 17.9 Å². The van der Waals surface area contributed by atoms with Crippen LogP contribution in [0.2, 0.25) is 0 Å². The highest BCUT2D eigenvalue weighted by Gasteiger charge is 2.61. The van der Waals surface area contributed by atoms with Gasteiger partial charge in [-0.15, -0.1) is 0 Å². The van der Waals surface area contributed by atoms with E-state index in [2.05, 4.69) is 5.32 Å². The molecule has 3 amide bonds. The lowest BCUT2D eigenvalue weighted by atomic mass is 9.97. The highest BCUT2D eigenvalue weighted by Crippen LogP contribution is 2.28. The number of β-lactam (4-membered cyclic amide) rings is 1. The summed E-state index contributed by atoms with van der Waals surface area (Å²) in [5, 5.41) is 2.27. The first kappa shape index (κ1) is 20.3. The van der Waals surface area contributed by atoms with Crippen molar-refractivity contribution in [2.75, 3.05) is 0 Å². The van der Waals surface area contributed by atoms with Gasteiger partial charge in [-0.3, -0.25) is 28.9 Å². The van der Waals surface area contributed by atoms with E-state index < -0.39 is 65.5 Å². The topological polar surface area (TPSA) is 145 Å². The Labute approximate surface area is 154 Å². The van der Waals surface area contributed by atoms with Crippen LogP contribution in [0.3, 0.4) is 0 Å². The number of ether oxygens (including phenoxy) is 3. The molecule has 148 valence electrons. The van der Waals surface area contributed by atoms with Crippen LogP contribution in [-0.2, 0) is 43.0 Å². The molecule has 0 aliphatic carbocycles. The molecule has 0 aromatic heterocycles. The normalized spacial score (nSPS) is 27.6. The van der Waals surface area contributed by atoms with Gasteiger partial charge in [-0.1, -0.05) is 0 Å². The lowest BCUT2D eigenvalue weighted by Gasteiger charge is -2.40. The van der Waals surface area contributed by atoms with Gasteiger partial charge < -0.3 is 19.5 Å². The van der Waals surface area contributed by atoms with Crippen LogP contribution in [0.5, 0.6) is 0 Å². The summed E-state index contributed by atoms with van der Waals surface area (Å²) in [6.45, 7) is 6.84. The first-order valence-corrected chi connectivity index (χ1v) is 8.08. The summed E-state index contributed by atoms with van der Waals surface area (Å²) in [5.74, 6) is -5.50. The number of hydrogen-bond donors (Lipinski definition) is 1. The van der Waals surface area contributed by atoms with Crippen LogP contribution >= 0.6 is 0 Å². The minimum absolute atomic E-state index is 0.481.